The summed E-state index contributed by atoms with van der Waals surface area (Å²) in [6.45, 7) is 8.79. The second kappa shape index (κ2) is 10.0. The van der Waals surface area contributed by atoms with Crippen molar-refractivity contribution in [2.45, 2.75) is 40.0 Å². The zero-order valence-electron chi connectivity index (χ0n) is 14.8. The molecule has 0 radical (unpaired) electrons. The lowest BCUT2D eigenvalue weighted by Gasteiger charge is -2.10. The first-order chi connectivity index (χ1) is 11.7. The minimum atomic E-state index is 0.745. The van der Waals surface area contributed by atoms with Crippen molar-refractivity contribution in [1.29, 1.82) is 0 Å². The fourth-order valence-corrected chi connectivity index (χ4v) is 3.39. The highest BCUT2D eigenvalue weighted by Gasteiger charge is 2.05. The molecule has 0 unspecified atom stereocenters. The Morgan fingerprint density at radius 1 is 1.21 bits per heavy atom. The number of aromatic nitrogens is 2. The molecule has 0 amide bonds. The Hall–Kier alpha value is -1.95. The van der Waals surface area contributed by atoms with E-state index in [9.17, 15) is 0 Å². The highest BCUT2D eigenvalue weighted by atomic mass is 32.1. The van der Waals surface area contributed by atoms with Crippen molar-refractivity contribution in [3.05, 3.63) is 45.7 Å². The van der Waals surface area contributed by atoms with Crippen LogP contribution in [0.1, 0.15) is 35.1 Å². The van der Waals surface area contributed by atoms with Crippen LogP contribution in [0, 0.1) is 6.92 Å². The van der Waals surface area contributed by atoms with E-state index in [1.54, 1.807) is 11.3 Å². The van der Waals surface area contributed by atoms with Crippen LogP contribution in [0.5, 0.6) is 0 Å². The molecule has 0 aliphatic heterocycles. The normalized spacial score (nSPS) is 11.5. The number of nitrogens with one attached hydrogen (secondary N) is 2. The molecule has 0 aliphatic rings. The molecule has 2 aromatic heterocycles. The minimum Gasteiger partial charge on any atom is -0.357 e. The van der Waals surface area contributed by atoms with Gasteiger partial charge in [-0.05, 0) is 32.4 Å². The molecule has 0 aromatic carbocycles. The third-order valence-corrected chi connectivity index (χ3v) is 4.68. The van der Waals surface area contributed by atoms with Crippen LogP contribution in [-0.2, 0) is 19.3 Å². The van der Waals surface area contributed by atoms with Gasteiger partial charge in [-0.25, -0.2) is 4.98 Å². The van der Waals surface area contributed by atoms with Gasteiger partial charge in [0.1, 0.15) is 0 Å². The Morgan fingerprint density at radius 3 is 2.75 bits per heavy atom. The number of hydrogen-bond donors (Lipinski definition) is 2. The molecule has 0 saturated heterocycles. The average molecular weight is 346 g/mol. The summed E-state index contributed by atoms with van der Waals surface area (Å²) in [4.78, 5) is 15.0. The van der Waals surface area contributed by atoms with Crippen molar-refractivity contribution in [2.24, 2.45) is 4.99 Å². The third-order valence-electron chi connectivity index (χ3n) is 3.61. The molecule has 0 atom stereocenters. The lowest BCUT2D eigenvalue weighted by Crippen LogP contribution is -2.38. The van der Waals surface area contributed by atoms with Gasteiger partial charge < -0.3 is 10.6 Å². The predicted molar refractivity (Wildman–Crippen MR) is 102 cm³/mol. The Morgan fingerprint density at radius 2 is 2.08 bits per heavy atom. The molecule has 2 N–H and O–H groups in total. The van der Waals surface area contributed by atoms with Crippen LogP contribution in [0.2, 0.25) is 0 Å². The lowest BCUT2D eigenvalue weighted by atomic mass is 10.3. The summed E-state index contributed by atoms with van der Waals surface area (Å²) in [6.07, 6.45) is 4.61. The van der Waals surface area contributed by atoms with Crippen LogP contribution in [0.25, 0.3) is 0 Å². The molecule has 2 heterocycles. The van der Waals surface area contributed by atoms with Crippen LogP contribution in [0.15, 0.2) is 29.4 Å². The highest BCUT2D eigenvalue weighted by Crippen LogP contribution is 2.18. The highest BCUT2D eigenvalue weighted by molar-refractivity contribution is 7.11. The second-order valence-corrected chi connectivity index (χ2v) is 6.76. The first-order valence-electron chi connectivity index (χ1n) is 8.60. The monoisotopic (exact) mass is 345 g/mol. The van der Waals surface area contributed by atoms with Gasteiger partial charge in [0.05, 0.1) is 10.7 Å². The number of rotatable bonds is 8. The Bertz CT molecular complexity index is 636. The van der Waals surface area contributed by atoms with Gasteiger partial charge in [-0.2, -0.15) is 0 Å². The molecule has 130 valence electrons. The molecule has 0 saturated carbocycles. The Balaban J connectivity index is 1.81. The van der Waals surface area contributed by atoms with E-state index in [1.807, 2.05) is 24.4 Å². The molecule has 5 nitrogen and oxygen atoms in total. The summed E-state index contributed by atoms with van der Waals surface area (Å²) in [6, 6.07) is 6.00. The summed E-state index contributed by atoms with van der Waals surface area (Å²) in [5.74, 6) is 0.859. The van der Waals surface area contributed by atoms with Gasteiger partial charge in [-0.1, -0.05) is 13.0 Å². The molecule has 6 heteroatoms. The largest absolute Gasteiger partial charge is 0.357 e. The standard InChI is InChI=1S/C18H27N5S/c1-4-16-14(3)24-17(23-16)10-13-22-18(19-5-2)21-12-9-15-8-6-7-11-20-15/h6-8,11H,4-5,9-10,12-13H2,1-3H3,(H2,19,21,22). The number of thiazole rings is 1. The molecule has 24 heavy (non-hydrogen) atoms. The fourth-order valence-electron chi connectivity index (χ4n) is 2.38. The van der Waals surface area contributed by atoms with Crippen LogP contribution in [0.4, 0.5) is 0 Å². The first-order valence-corrected chi connectivity index (χ1v) is 9.41. The van der Waals surface area contributed by atoms with Crippen molar-refractivity contribution in [3.8, 4) is 0 Å². The minimum absolute atomic E-state index is 0.745. The molecular formula is C18H27N5S. The van der Waals surface area contributed by atoms with Gasteiger partial charge in [-0.15, -0.1) is 11.3 Å². The van der Waals surface area contributed by atoms with E-state index in [2.05, 4.69) is 46.4 Å². The molecule has 0 aliphatic carbocycles. The summed E-state index contributed by atoms with van der Waals surface area (Å²) < 4.78 is 0. The van der Waals surface area contributed by atoms with Gasteiger partial charge in [0.15, 0.2) is 5.96 Å². The Kier molecular flexibility index (Phi) is 7.68. The van der Waals surface area contributed by atoms with Crippen molar-refractivity contribution in [3.63, 3.8) is 0 Å². The smallest absolute Gasteiger partial charge is 0.191 e. The molecular weight excluding hydrogens is 318 g/mol. The number of nitrogens with zero attached hydrogens (tertiary/aromatic N) is 3. The first kappa shape index (κ1) is 18.4. The molecule has 0 fully saturated rings. The van der Waals surface area contributed by atoms with E-state index in [0.29, 0.717) is 0 Å². The molecule has 0 bridgehead atoms. The summed E-state index contributed by atoms with van der Waals surface area (Å²) in [5, 5.41) is 7.83. The van der Waals surface area contributed by atoms with Crippen molar-refractivity contribution in [2.75, 3.05) is 19.6 Å². The van der Waals surface area contributed by atoms with E-state index in [-0.39, 0.29) is 0 Å². The summed E-state index contributed by atoms with van der Waals surface area (Å²) >= 11 is 1.79. The van der Waals surface area contributed by atoms with Gasteiger partial charge in [0.2, 0.25) is 0 Å². The van der Waals surface area contributed by atoms with Gasteiger partial charge >= 0.3 is 0 Å². The number of aliphatic imine (C=N–C) groups is 1. The quantitative estimate of drug-likeness (QED) is 0.570. The van der Waals surface area contributed by atoms with Crippen LogP contribution in [0.3, 0.4) is 0 Å². The zero-order valence-corrected chi connectivity index (χ0v) is 15.6. The number of pyridine rings is 1. The van der Waals surface area contributed by atoms with Crippen LogP contribution in [-0.4, -0.2) is 35.6 Å². The SMILES string of the molecule is CCNC(=NCCc1nc(CC)c(C)s1)NCCc1ccccn1. The van der Waals surface area contributed by atoms with Crippen molar-refractivity contribution < 1.29 is 0 Å². The van der Waals surface area contributed by atoms with Crippen LogP contribution >= 0.6 is 11.3 Å². The van der Waals surface area contributed by atoms with Crippen molar-refractivity contribution >= 4 is 17.3 Å². The van der Waals surface area contributed by atoms with Gasteiger partial charge in [-0.3, -0.25) is 9.98 Å². The van der Waals surface area contributed by atoms with E-state index in [0.717, 1.165) is 50.6 Å². The lowest BCUT2D eigenvalue weighted by molar-refractivity contribution is 0.785. The van der Waals surface area contributed by atoms with E-state index < -0.39 is 0 Å². The number of guanidine groups is 1. The predicted octanol–water partition coefficient (Wildman–Crippen LogP) is 2.75. The average Bonchev–Trinajstić information content (AvgIpc) is 2.95. The van der Waals surface area contributed by atoms with E-state index in [4.69, 9.17) is 0 Å². The van der Waals surface area contributed by atoms with Crippen molar-refractivity contribution in [1.82, 2.24) is 20.6 Å². The maximum atomic E-state index is 4.67. The summed E-state index contributed by atoms with van der Waals surface area (Å²) in [5.41, 5.74) is 2.31. The summed E-state index contributed by atoms with van der Waals surface area (Å²) in [7, 11) is 0. The van der Waals surface area contributed by atoms with Gasteiger partial charge in [0.25, 0.3) is 0 Å². The maximum absolute atomic E-state index is 4.67. The number of aryl methyl sites for hydroxylation is 2. The number of hydrogen-bond acceptors (Lipinski definition) is 4. The van der Waals surface area contributed by atoms with Crippen LogP contribution < -0.4 is 10.6 Å². The Labute approximate surface area is 148 Å². The molecule has 2 aromatic rings. The topological polar surface area (TPSA) is 62.2 Å². The fraction of sp³-hybridized carbons (Fsp3) is 0.500. The van der Waals surface area contributed by atoms with Gasteiger partial charge in [0, 0.05) is 49.2 Å². The second-order valence-electron chi connectivity index (χ2n) is 5.47. The molecule has 0 spiro atoms. The third kappa shape index (κ3) is 5.92. The van der Waals surface area contributed by atoms with E-state index >= 15 is 0 Å². The molecule has 2 rings (SSSR count). The van der Waals surface area contributed by atoms with E-state index in [1.165, 1.54) is 15.6 Å². The maximum Gasteiger partial charge on any atom is 0.191 e. The zero-order chi connectivity index (χ0) is 17.2.